The maximum absolute atomic E-state index is 11.6. The molecule has 5 heteroatoms. The van der Waals surface area contributed by atoms with Gasteiger partial charge in [0.05, 0.1) is 0 Å². The number of rotatable bonds is 8. The van der Waals surface area contributed by atoms with Gasteiger partial charge in [0, 0.05) is 24.4 Å². The van der Waals surface area contributed by atoms with E-state index in [-0.39, 0.29) is 11.8 Å². The van der Waals surface area contributed by atoms with Gasteiger partial charge in [-0.3, -0.25) is 25.4 Å². The molecule has 1 aromatic heterocycles. The molecule has 0 spiro atoms. The lowest BCUT2D eigenvalue weighted by Gasteiger charge is -2.07. The van der Waals surface area contributed by atoms with Crippen molar-refractivity contribution in [3.63, 3.8) is 0 Å². The van der Waals surface area contributed by atoms with Crippen molar-refractivity contribution < 1.29 is 9.59 Å². The fraction of sp³-hybridized carbons (Fsp3) is 0.533. The molecule has 110 valence electrons. The Kier molecular flexibility index (Phi) is 8.03. The van der Waals surface area contributed by atoms with E-state index in [1.165, 1.54) is 38.1 Å². The molecule has 0 saturated heterocycles. The molecule has 0 fully saturated rings. The van der Waals surface area contributed by atoms with Crippen molar-refractivity contribution in [1.29, 1.82) is 0 Å². The monoisotopic (exact) mass is 277 g/mol. The highest BCUT2D eigenvalue weighted by atomic mass is 16.2. The van der Waals surface area contributed by atoms with Crippen LogP contribution in [0.5, 0.6) is 0 Å². The first-order valence-corrected chi connectivity index (χ1v) is 7.23. The van der Waals surface area contributed by atoms with Gasteiger partial charge in [-0.1, -0.05) is 39.0 Å². The predicted molar refractivity (Wildman–Crippen MR) is 77.8 cm³/mol. The predicted octanol–water partition coefficient (Wildman–Crippen LogP) is 2.59. The Bertz CT molecular complexity index is 407. The van der Waals surface area contributed by atoms with Gasteiger partial charge in [0.25, 0.3) is 5.91 Å². The van der Waals surface area contributed by atoms with Crippen LogP contribution in [0.15, 0.2) is 24.5 Å². The van der Waals surface area contributed by atoms with Crippen LogP contribution in [0.25, 0.3) is 0 Å². The molecule has 0 saturated carbocycles. The van der Waals surface area contributed by atoms with E-state index in [1.54, 1.807) is 12.1 Å². The van der Waals surface area contributed by atoms with E-state index in [2.05, 4.69) is 22.8 Å². The summed E-state index contributed by atoms with van der Waals surface area (Å²) < 4.78 is 0. The van der Waals surface area contributed by atoms with Crippen LogP contribution in [0.1, 0.15) is 62.2 Å². The second kappa shape index (κ2) is 9.95. The minimum absolute atomic E-state index is 0.150. The molecule has 2 N–H and O–H groups in total. The molecule has 0 atom stereocenters. The Balaban J connectivity index is 2.09. The number of hydrogen-bond donors (Lipinski definition) is 2. The quantitative estimate of drug-likeness (QED) is 0.566. The van der Waals surface area contributed by atoms with Gasteiger partial charge in [0.15, 0.2) is 0 Å². The second-order valence-electron chi connectivity index (χ2n) is 4.76. The summed E-state index contributed by atoms with van der Waals surface area (Å²) in [5.41, 5.74) is 5.29. The Hall–Kier alpha value is -1.91. The fourth-order valence-electron chi connectivity index (χ4n) is 1.83. The first kappa shape index (κ1) is 16.1. The molecule has 0 unspecified atom stereocenters. The van der Waals surface area contributed by atoms with Gasteiger partial charge in [-0.05, 0) is 18.6 Å². The second-order valence-corrected chi connectivity index (χ2v) is 4.76. The number of pyridine rings is 1. The zero-order valence-corrected chi connectivity index (χ0v) is 12.0. The van der Waals surface area contributed by atoms with Gasteiger partial charge in [0.2, 0.25) is 5.91 Å². The van der Waals surface area contributed by atoms with Crippen molar-refractivity contribution in [2.24, 2.45) is 0 Å². The lowest BCUT2D eigenvalue weighted by Crippen LogP contribution is -2.41. The standard InChI is InChI=1S/C15H23N3O2/c1-2-3-4-5-6-7-8-14(19)17-18-15(20)13-9-11-16-12-10-13/h9-12H,2-8H2,1H3,(H,17,19)(H,18,20). The third-order valence-electron chi connectivity index (χ3n) is 3.02. The zero-order valence-electron chi connectivity index (χ0n) is 12.0. The topological polar surface area (TPSA) is 71.1 Å². The number of carbonyl (C=O) groups is 2. The molecule has 1 aromatic rings. The molecular weight excluding hydrogens is 254 g/mol. The van der Waals surface area contributed by atoms with Crippen molar-refractivity contribution in [2.45, 2.75) is 51.9 Å². The zero-order chi connectivity index (χ0) is 14.6. The third-order valence-corrected chi connectivity index (χ3v) is 3.02. The Morgan fingerprint density at radius 3 is 2.35 bits per heavy atom. The maximum Gasteiger partial charge on any atom is 0.269 e. The highest BCUT2D eigenvalue weighted by molar-refractivity contribution is 5.95. The largest absolute Gasteiger partial charge is 0.273 e. The van der Waals surface area contributed by atoms with Crippen molar-refractivity contribution in [3.05, 3.63) is 30.1 Å². The summed E-state index contributed by atoms with van der Waals surface area (Å²) in [7, 11) is 0. The Morgan fingerprint density at radius 1 is 1.00 bits per heavy atom. The van der Waals surface area contributed by atoms with Gasteiger partial charge in [-0.25, -0.2) is 0 Å². The van der Waals surface area contributed by atoms with Gasteiger partial charge in [-0.2, -0.15) is 0 Å². The van der Waals surface area contributed by atoms with Crippen LogP contribution in [0.4, 0.5) is 0 Å². The number of nitrogens with one attached hydrogen (secondary N) is 2. The van der Waals surface area contributed by atoms with Gasteiger partial charge >= 0.3 is 0 Å². The number of nitrogens with zero attached hydrogens (tertiary/aromatic N) is 1. The molecule has 20 heavy (non-hydrogen) atoms. The van der Waals surface area contributed by atoms with E-state index in [1.807, 2.05) is 0 Å². The maximum atomic E-state index is 11.6. The molecule has 1 heterocycles. The van der Waals surface area contributed by atoms with Crippen molar-refractivity contribution >= 4 is 11.8 Å². The number of unbranched alkanes of at least 4 members (excludes halogenated alkanes) is 5. The summed E-state index contributed by atoms with van der Waals surface area (Å²) in [5, 5.41) is 0. The van der Waals surface area contributed by atoms with E-state index in [9.17, 15) is 9.59 Å². The SMILES string of the molecule is CCCCCCCCC(=O)NNC(=O)c1ccncc1. The smallest absolute Gasteiger partial charge is 0.269 e. The number of hydrazine groups is 1. The molecule has 5 nitrogen and oxygen atoms in total. The molecular formula is C15H23N3O2. The molecule has 2 amide bonds. The van der Waals surface area contributed by atoms with E-state index in [0.29, 0.717) is 12.0 Å². The summed E-state index contributed by atoms with van der Waals surface area (Å²) in [6, 6.07) is 3.18. The van der Waals surface area contributed by atoms with Gasteiger partial charge in [-0.15, -0.1) is 0 Å². The summed E-state index contributed by atoms with van der Waals surface area (Å²) in [6.07, 6.45) is 10.3. The van der Waals surface area contributed by atoms with Crippen LogP contribution < -0.4 is 10.9 Å². The molecule has 0 aliphatic rings. The lowest BCUT2D eigenvalue weighted by molar-refractivity contribution is -0.122. The van der Waals surface area contributed by atoms with Gasteiger partial charge < -0.3 is 0 Å². The highest BCUT2D eigenvalue weighted by Crippen LogP contribution is 2.06. The van der Waals surface area contributed by atoms with Crippen LogP contribution in [0.2, 0.25) is 0 Å². The highest BCUT2D eigenvalue weighted by Gasteiger charge is 2.06. The van der Waals surface area contributed by atoms with Crippen molar-refractivity contribution in [2.75, 3.05) is 0 Å². The molecule has 0 aromatic carbocycles. The van der Waals surface area contributed by atoms with E-state index in [4.69, 9.17) is 0 Å². The summed E-state index contributed by atoms with van der Waals surface area (Å²) >= 11 is 0. The normalized spacial score (nSPS) is 10.1. The molecule has 0 aliphatic heterocycles. The Morgan fingerprint density at radius 2 is 1.65 bits per heavy atom. The first-order chi connectivity index (χ1) is 9.74. The number of aromatic nitrogens is 1. The summed E-state index contributed by atoms with van der Waals surface area (Å²) in [4.78, 5) is 27.0. The summed E-state index contributed by atoms with van der Waals surface area (Å²) in [5.74, 6) is -0.480. The molecule has 1 rings (SSSR count). The number of hydrogen-bond acceptors (Lipinski definition) is 3. The average molecular weight is 277 g/mol. The van der Waals surface area contributed by atoms with E-state index < -0.39 is 0 Å². The summed E-state index contributed by atoms with van der Waals surface area (Å²) in [6.45, 7) is 2.18. The van der Waals surface area contributed by atoms with Crippen molar-refractivity contribution in [3.8, 4) is 0 Å². The van der Waals surface area contributed by atoms with E-state index >= 15 is 0 Å². The minimum Gasteiger partial charge on any atom is -0.273 e. The van der Waals surface area contributed by atoms with Crippen LogP contribution in [0.3, 0.4) is 0 Å². The molecule has 0 radical (unpaired) electrons. The van der Waals surface area contributed by atoms with Crippen LogP contribution >= 0.6 is 0 Å². The van der Waals surface area contributed by atoms with Crippen LogP contribution in [-0.4, -0.2) is 16.8 Å². The first-order valence-electron chi connectivity index (χ1n) is 7.23. The van der Waals surface area contributed by atoms with Gasteiger partial charge in [0.1, 0.15) is 0 Å². The molecule has 0 aliphatic carbocycles. The third kappa shape index (κ3) is 6.87. The van der Waals surface area contributed by atoms with Crippen molar-refractivity contribution in [1.82, 2.24) is 15.8 Å². The Labute approximate surface area is 120 Å². The lowest BCUT2D eigenvalue weighted by atomic mass is 10.1. The minimum atomic E-state index is -0.330. The average Bonchev–Trinajstić information content (AvgIpc) is 2.49. The fourth-order valence-corrected chi connectivity index (χ4v) is 1.83. The molecule has 0 bridgehead atoms. The van der Waals surface area contributed by atoms with Crippen LogP contribution in [0, 0.1) is 0 Å². The number of carbonyl (C=O) groups excluding carboxylic acids is 2. The van der Waals surface area contributed by atoms with E-state index in [0.717, 1.165) is 12.8 Å². The number of amides is 2. The van der Waals surface area contributed by atoms with Crippen LogP contribution in [-0.2, 0) is 4.79 Å².